The number of hydrogen-bond donors (Lipinski definition) is 2. The molecule has 2 aliphatic carbocycles. The van der Waals surface area contributed by atoms with Gasteiger partial charge in [-0.15, -0.1) is 0 Å². The van der Waals surface area contributed by atoms with E-state index < -0.39 is 0 Å². The summed E-state index contributed by atoms with van der Waals surface area (Å²) in [6.07, 6.45) is 8.03. The third kappa shape index (κ3) is 2.95. The van der Waals surface area contributed by atoms with Crippen LogP contribution in [0.3, 0.4) is 0 Å². The highest BCUT2D eigenvalue weighted by Gasteiger charge is 2.35. The predicted molar refractivity (Wildman–Crippen MR) is 90.3 cm³/mol. The summed E-state index contributed by atoms with van der Waals surface area (Å²) < 4.78 is 0. The monoisotopic (exact) mass is 303 g/mol. The van der Waals surface area contributed by atoms with Crippen LogP contribution in [0.5, 0.6) is 0 Å². The lowest BCUT2D eigenvalue weighted by atomic mass is 9.93. The quantitative estimate of drug-likeness (QED) is 0.430. The van der Waals surface area contributed by atoms with E-state index in [1.54, 1.807) is 0 Å². The maximum atomic E-state index is 11.7. The first-order chi connectivity index (χ1) is 10.6. The molecule has 1 fully saturated rings. The van der Waals surface area contributed by atoms with Crippen LogP contribution in [0, 0.1) is 17.8 Å². The van der Waals surface area contributed by atoms with Crippen LogP contribution >= 0.6 is 0 Å². The lowest BCUT2D eigenvalue weighted by molar-refractivity contribution is 0.405. The smallest absolute Gasteiger partial charge is 0.253 e. The molecule has 0 amide bonds. The van der Waals surface area contributed by atoms with Gasteiger partial charge in [-0.2, -0.15) is 0 Å². The molecule has 0 aromatic heterocycles. The van der Waals surface area contributed by atoms with Crippen LogP contribution in [-0.2, 0) is 0 Å². The second-order valence-corrected chi connectivity index (χ2v) is 6.91. The summed E-state index contributed by atoms with van der Waals surface area (Å²) in [5, 5.41) is 6.35. The molecule has 0 saturated heterocycles. The van der Waals surface area contributed by atoms with Gasteiger partial charge in [0, 0.05) is 13.1 Å². The van der Waals surface area contributed by atoms with Crippen molar-refractivity contribution in [3.63, 3.8) is 0 Å². The summed E-state index contributed by atoms with van der Waals surface area (Å²) in [7, 11) is 4.04. The Morgan fingerprint density at radius 2 is 1.82 bits per heavy atom. The summed E-state index contributed by atoms with van der Waals surface area (Å²) in [4.78, 5) is 25.5. The van der Waals surface area contributed by atoms with E-state index in [1.165, 1.54) is 12.8 Å². The molecule has 5 heteroatoms. The molecule has 1 aromatic rings. The highest BCUT2D eigenvalue weighted by atomic mass is 16.2. The topological polar surface area (TPSA) is 61.4 Å². The molecular formula is C17H25N3O2. The van der Waals surface area contributed by atoms with E-state index in [4.69, 9.17) is 0 Å². The van der Waals surface area contributed by atoms with Crippen LogP contribution in [-0.4, -0.2) is 38.6 Å². The van der Waals surface area contributed by atoms with Crippen LogP contribution in [0.15, 0.2) is 21.7 Å². The molecule has 2 N–H and O–H groups in total. The lowest BCUT2D eigenvalue weighted by Crippen LogP contribution is -2.38. The average Bonchev–Trinajstić information content (AvgIpc) is 3.11. The van der Waals surface area contributed by atoms with Gasteiger partial charge in [0.25, 0.3) is 10.9 Å². The van der Waals surface area contributed by atoms with Crippen molar-refractivity contribution in [1.82, 2.24) is 4.90 Å². The second kappa shape index (κ2) is 6.24. The molecule has 3 rings (SSSR count). The largest absolute Gasteiger partial charge is 0.380 e. The molecule has 0 spiro atoms. The van der Waals surface area contributed by atoms with Crippen molar-refractivity contribution in [3.05, 3.63) is 32.6 Å². The number of nitrogens with zero attached hydrogens (tertiary/aromatic N) is 1. The summed E-state index contributed by atoms with van der Waals surface area (Å²) >= 11 is 0. The third-order valence-electron chi connectivity index (χ3n) is 4.95. The summed E-state index contributed by atoms with van der Waals surface area (Å²) in [5.41, 5.74) is 0.248. The number of nitrogens with one attached hydrogen (secondary N) is 2. The van der Waals surface area contributed by atoms with E-state index in [-0.39, 0.29) is 10.9 Å². The SMILES string of the molecule is CN(C)CCCNc1c(NC[C@H]2C[C@@H]3C=C[C@H]2C3)c(=O)c1=O. The van der Waals surface area contributed by atoms with Gasteiger partial charge in [-0.05, 0) is 57.7 Å². The zero-order valence-electron chi connectivity index (χ0n) is 13.4. The first-order valence-corrected chi connectivity index (χ1v) is 8.20. The molecule has 2 aliphatic rings. The van der Waals surface area contributed by atoms with Gasteiger partial charge in [0.1, 0.15) is 11.4 Å². The van der Waals surface area contributed by atoms with E-state index in [1.807, 2.05) is 14.1 Å². The van der Waals surface area contributed by atoms with Crippen molar-refractivity contribution in [1.29, 1.82) is 0 Å². The van der Waals surface area contributed by atoms with Gasteiger partial charge < -0.3 is 15.5 Å². The van der Waals surface area contributed by atoms with Gasteiger partial charge in [0.15, 0.2) is 0 Å². The van der Waals surface area contributed by atoms with Crippen molar-refractivity contribution in [2.24, 2.45) is 17.8 Å². The molecule has 1 saturated carbocycles. The maximum absolute atomic E-state index is 11.7. The van der Waals surface area contributed by atoms with Crippen molar-refractivity contribution in [3.8, 4) is 0 Å². The molecule has 0 unspecified atom stereocenters. The standard InChI is InChI=1S/C17H25N3O2/c1-20(2)7-3-6-18-14-15(17(22)16(14)21)19-10-13-9-11-4-5-12(13)8-11/h4-5,11-13,18-19H,3,6-10H2,1-2H3/t11-,12+,13-/m1/s1. The minimum atomic E-state index is -0.375. The van der Waals surface area contributed by atoms with Crippen LogP contribution in [0.4, 0.5) is 11.4 Å². The molecule has 1 aromatic carbocycles. The van der Waals surface area contributed by atoms with E-state index >= 15 is 0 Å². The Hall–Kier alpha value is -1.62. The molecule has 5 nitrogen and oxygen atoms in total. The summed E-state index contributed by atoms with van der Waals surface area (Å²) in [6, 6.07) is 0. The van der Waals surface area contributed by atoms with E-state index in [2.05, 4.69) is 27.7 Å². The highest BCUT2D eigenvalue weighted by molar-refractivity contribution is 5.73. The van der Waals surface area contributed by atoms with Crippen molar-refractivity contribution in [2.45, 2.75) is 19.3 Å². The van der Waals surface area contributed by atoms with Gasteiger partial charge in [0.05, 0.1) is 0 Å². The Morgan fingerprint density at radius 3 is 2.41 bits per heavy atom. The predicted octanol–water partition coefficient (Wildman–Crippen LogP) is 1.27. The first kappa shape index (κ1) is 15.3. The van der Waals surface area contributed by atoms with Crippen molar-refractivity contribution in [2.75, 3.05) is 44.4 Å². The number of fused-ring (bicyclic) bond motifs is 2. The van der Waals surface area contributed by atoms with Gasteiger partial charge in [-0.3, -0.25) is 9.59 Å². The molecular weight excluding hydrogens is 278 g/mol. The van der Waals surface area contributed by atoms with E-state index in [0.29, 0.717) is 29.8 Å². The van der Waals surface area contributed by atoms with Crippen LogP contribution in [0.25, 0.3) is 0 Å². The fraction of sp³-hybridized carbons (Fsp3) is 0.647. The Balaban J connectivity index is 1.51. The van der Waals surface area contributed by atoms with Gasteiger partial charge in [0.2, 0.25) is 0 Å². The number of hydrogen-bond acceptors (Lipinski definition) is 5. The Morgan fingerprint density at radius 1 is 1.09 bits per heavy atom. The lowest BCUT2D eigenvalue weighted by Gasteiger charge is -2.21. The molecule has 0 aliphatic heterocycles. The molecule has 3 atom stereocenters. The van der Waals surface area contributed by atoms with Crippen LogP contribution < -0.4 is 21.5 Å². The molecule has 22 heavy (non-hydrogen) atoms. The fourth-order valence-corrected chi connectivity index (χ4v) is 3.70. The Bertz CT molecular complexity index is 628. The zero-order valence-corrected chi connectivity index (χ0v) is 13.4. The third-order valence-corrected chi connectivity index (χ3v) is 4.95. The normalized spacial score (nSPS) is 26.2. The maximum Gasteiger partial charge on any atom is 0.253 e. The molecule has 2 bridgehead atoms. The van der Waals surface area contributed by atoms with Crippen molar-refractivity contribution < 1.29 is 0 Å². The number of allylic oxidation sites excluding steroid dienone is 2. The van der Waals surface area contributed by atoms with Crippen LogP contribution in [0.2, 0.25) is 0 Å². The Labute approximate surface area is 131 Å². The van der Waals surface area contributed by atoms with E-state index in [9.17, 15) is 9.59 Å². The number of anilines is 2. The van der Waals surface area contributed by atoms with Crippen molar-refractivity contribution >= 4 is 11.4 Å². The summed E-state index contributed by atoms with van der Waals surface area (Å²) in [6.45, 7) is 2.47. The van der Waals surface area contributed by atoms with Crippen LogP contribution in [0.1, 0.15) is 19.3 Å². The van der Waals surface area contributed by atoms with Gasteiger partial charge in [-0.25, -0.2) is 0 Å². The van der Waals surface area contributed by atoms with E-state index in [0.717, 1.165) is 25.4 Å². The first-order valence-electron chi connectivity index (χ1n) is 8.20. The molecule has 120 valence electrons. The average molecular weight is 303 g/mol. The van der Waals surface area contributed by atoms with Gasteiger partial charge >= 0.3 is 0 Å². The minimum Gasteiger partial charge on any atom is -0.380 e. The summed E-state index contributed by atoms with van der Waals surface area (Å²) in [5.74, 6) is 1.98. The molecule has 0 radical (unpaired) electrons. The second-order valence-electron chi connectivity index (χ2n) is 6.91. The highest BCUT2D eigenvalue weighted by Crippen LogP contribution is 2.43. The van der Waals surface area contributed by atoms with Gasteiger partial charge in [-0.1, -0.05) is 12.2 Å². The Kier molecular flexibility index (Phi) is 4.34. The molecule has 0 heterocycles. The zero-order chi connectivity index (χ0) is 15.7. The fourth-order valence-electron chi connectivity index (χ4n) is 3.70. The number of rotatable bonds is 8. The minimum absolute atomic E-state index is 0.367.